The predicted octanol–water partition coefficient (Wildman–Crippen LogP) is 6.37. The molecule has 12 heteroatoms. The van der Waals surface area contributed by atoms with Gasteiger partial charge in [-0.15, -0.1) is 0 Å². The van der Waals surface area contributed by atoms with E-state index in [9.17, 15) is 14.4 Å². The second-order valence-corrected chi connectivity index (χ2v) is 10.4. The molecule has 3 aromatic rings. The number of ether oxygens (including phenoxy) is 4. The molecule has 0 atom stereocenters. The fourth-order valence-corrected chi connectivity index (χ4v) is 5.15. The number of hydrogen-bond acceptors (Lipinski definition) is 8. The fourth-order valence-electron chi connectivity index (χ4n) is 3.92. The van der Waals surface area contributed by atoms with Crippen molar-refractivity contribution in [2.45, 2.75) is 13.5 Å². The Morgan fingerprint density at radius 1 is 1.05 bits per heavy atom. The highest BCUT2D eigenvalue weighted by atomic mass is 35.5. The zero-order valence-electron chi connectivity index (χ0n) is 21.1. The molecule has 3 aromatic carbocycles. The van der Waals surface area contributed by atoms with Crippen LogP contribution in [0.3, 0.4) is 0 Å². The zero-order chi connectivity index (χ0) is 28.2. The molecular weight excluding hydrogens is 579 g/mol. The number of thioether (sulfide) groups is 1. The van der Waals surface area contributed by atoms with Crippen molar-refractivity contribution < 1.29 is 33.3 Å². The normalized spacial score (nSPS) is 15.1. The number of carbonyl (C=O) groups excluding carboxylic acids is 3. The highest BCUT2D eigenvalue weighted by Crippen LogP contribution is 2.40. The molecule has 0 radical (unpaired) electrons. The summed E-state index contributed by atoms with van der Waals surface area (Å²) in [5.74, 6) is 0.682. The molecular formula is C28H22Cl2N2O7S. The lowest BCUT2D eigenvalue weighted by Crippen LogP contribution is -2.36. The standard InChI is InChI=1S/C28H22Cl2N2O7S/c1-2-36-23-10-17(9-20(30)26(23)37-14-16-3-5-18(29)6-4-16)11-24-27(34)32(28(35)40-24)13-25(33)31-19-7-8-21-22(12-19)39-15-38-21/h3-12H,2,13-15H2,1H3,(H,31,33)/b24-11+. The molecule has 0 bridgehead atoms. The second-order valence-electron chi connectivity index (χ2n) is 8.56. The van der Waals surface area contributed by atoms with Gasteiger partial charge in [0.25, 0.3) is 11.1 Å². The smallest absolute Gasteiger partial charge is 0.294 e. The third kappa shape index (κ3) is 6.30. The second kappa shape index (κ2) is 12.1. The van der Waals surface area contributed by atoms with E-state index in [1.165, 1.54) is 6.08 Å². The van der Waals surface area contributed by atoms with Gasteiger partial charge in [-0.25, -0.2) is 0 Å². The van der Waals surface area contributed by atoms with E-state index in [0.29, 0.717) is 45.9 Å². The maximum absolute atomic E-state index is 13.0. The first-order chi connectivity index (χ1) is 19.3. The van der Waals surface area contributed by atoms with Gasteiger partial charge >= 0.3 is 0 Å². The Morgan fingerprint density at radius 3 is 2.60 bits per heavy atom. The first kappa shape index (κ1) is 27.7. The Bertz CT molecular complexity index is 1510. The lowest BCUT2D eigenvalue weighted by molar-refractivity contribution is -0.127. The van der Waals surface area contributed by atoms with E-state index in [1.54, 1.807) is 42.5 Å². The van der Waals surface area contributed by atoms with Crippen molar-refractivity contribution in [2.75, 3.05) is 25.3 Å². The molecule has 0 aromatic heterocycles. The van der Waals surface area contributed by atoms with Crippen LogP contribution in [0.15, 0.2) is 59.5 Å². The number of fused-ring (bicyclic) bond motifs is 1. The first-order valence-corrected chi connectivity index (χ1v) is 13.7. The minimum Gasteiger partial charge on any atom is -0.490 e. The number of anilines is 1. The number of imide groups is 1. The predicted molar refractivity (Wildman–Crippen MR) is 152 cm³/mol. The summed E-state index contributed by atoms with van der Waals surface area (Å²) in [6.45, 7) is 2.07. The minimum absolute atomic E-state index is 0.103. The van der Waals surface area contributed by atoms with E-state index in [1.807, 2.05) is 19.1 Å². The number of halogens is 2. The first-order valence-electron chi connectivity index (χ1n) is 12.1. The van der Waals surface area contributed by atoms with Crippen molar-refractivity contribution in [3.05, 3.63) is 80.7 Å². The summed E-state index contributed by atoms with van der Waals surface area (Å²) in [5, 5.41) is 3.00. The Kier molecular flexibility index (Phi) is 8.39. The molecule has 40 heavy (non-hydrogen) atoms. The molecule has 0 saturated carbocycles. The Hall–Kier alpha value is -3.86. The highest BCUT2D eigenvalue weighted by Gasteiger charge is 2.36. The van der Waals surface area contributed by atoms with E-state index >= 15 is 0 Å². The molecule has 1 N–H and O–H groups in total. The summed E-state index contributed by atoms with van der Waals surface area (Å²) in [6, 6.07) is 15.4. The molecule has 3 amide bonds. The van der Waals surface area contributed by atoms with Crippen LogP contribution in [0.4, 0.5) is 10.5 Å². The summed E-state index contributed by atoms with van der Waals surface area (Å²) in [5.41, 5.74) is 1.87. The van der Waals surface area contributed by atoms with Crippen molar-refractivity contribution >= 4 is 63.8 Å². The van der Waals surface area contributed by atoms with Gasteiger partial charge in [0.05, 0.1) is 16.5 Å². The average Bonchev–Trinajstić information content (AvgIpc) is 3.49. The van der Waals surface area contributed by atoms with Crippen LogP contribution in [-0.4, -0.2) is 41.9 Å². The molecule has 2 heterocycles. The van der Waals surface area contributed by atoms with Crippen molar-refractivity contribution in [3.8, 4) is 23.0 Å². The molecule has 2 aliphatic rings. The largest absolute Gasteiger partial charge is 0.490 e. The molecule has 0 spiro atoms. The molecule has 0 unspecified atom stereocenters. The molecule has 1 fully saturated rings. The third-order valence-electron chi connectivity index (χ3n) is 5.76. The van der Waals surface area contributed by atoms with Crippen LogP contribution in [0.1, 0.15) is 18.1 Å². The van der Waals surface area contributed by atoms with Crippen molar-refractivity contribution in [3.63, 3.8) is 0 Å². The summed E-state index contributed by atoms with van der Waals surface area (Å²) < 4.78 is 22.2. The van der Waals surface area contributed by atoms with Gasteiger partial charge < -0.3 is 24.3 Å². The van der Waals surface area contributed by atoms with Crippen LogP contribution < -0.4 is 24.3 Å². The van der Waals surface area contributed by atoms with Gasteiger partial charge in [-0.05, 0) is 72.3 Å². The summed E-state index contributed by atoms with van der Waals surface area (Å²) in [7, 11) is 0. The van der Waals surface area contributed by atoms with Crippen molar-refractivity contribution in [2.24, 2.45) is 0 Å². The lowest BCUT2D eigenvalue weighted by atomic mass is 10.1. The van der Waals surface area contributed by atoms with Crippen LogP contribution in [0, 0.1) is 0 Å². The van der Waals surface area contributed by atoms with E-state index in [2.05, 4.69) is 5.32 Å². The van der Waals surface area contributed by atoms with E-state index in [4.69, 9.17) is 42.1 Å². The van der Waals surface area contributed by atoms with Crippen LogP contribution in [0.5, 0.6) is 23.0 Å². The molecule has 5 rings (SSSR count). The molecule has 206 valence electrons. The third-order valence-corrected chi connectivity index (χ3v) is 7.20. The number of hydrogen-bond donors (Lipinski definition) is 1. The van der Waals surface area contributed by atoms with Gasteiger partial charge in [-0.3, -0.25) is 19.3 Å². The quantitative estimate of drug-likeness (QED) is 0.282. The Balaban J connectivity index is 1.28. The molecule has 9 nitrogen and oxygen atoms in total. The lowest BCUT2D eigenvalue weighted by Gasteiger charge is -2.15. The highest BCUT2D eigenvalue weighted by molar-refractivity contribution is 8.18. The number of benzene rings is 3. The molecule has 2 aliphatic heterocycles. The number of rotatable bonds is 9. The molecule has 1 saturated heterocycles. The van der Waals surface area contributed by atoms with E-state index in [0.717, 1.165) is 22.2 Å². The SMILES string of the molecule is CCOc1cc(/C=C2/SC(=O)N(CC(=O)Nc3ccc4c(c3)OCO4)C2=O)cc(Cl)c1OCc1ccc(Cl)cc1. The Labute approximate surface area is 243 Å². The number of carbonyl (C=O) groups is 3. The monoisotopic (exact) mass is 600 g/mol. The van der Waals surface area contributed by atoms with Crippen LogP contribution in [-0.2, 0) is 16.2 Å². The molecule has 0 aliphatic carbocycles. The van der Waals surface area contributed by atoms with Crippen LogP contribution in [0.25, 0.3) is 6.08 Å². The van der Waals surface area contributed by atoms with Crippen LogP contribution in [0.2, 0.25) is 10.0 Å². The van der Waals surface area contributed by atoms with Crippen molar-refractivity contribution in [1.82, 2.24) is 4.90 Å². The summed E-state index contributed by atoms with van der Waals surface area (Å²) in [4.78, 5) is 39.2. The van der Waals surface area contributed by atoms with Gasteiger partial charge in [0.2, 0.25) is 12.7 Å². The van der Waals surface area contributed by atoms with Gasteiger partial charge in [0, 0.05) is 16.8 Å². The number of nitrogens with one attached hydrogen (secondary N) is 1. The summed E-state index contributed by atoms with van der Waals surface area (Å²) >= 11 is 13.2. The minimum atomic E-state index is -0.590. The number of amides is 3. The maximum atomic E-state index is 13.0. The van der Waals surface area contributed by atoms with E-state index in [-0.39, 0.29) is 23.3 Å². The van der Waals surface area contributed by atoms with Gasteiger partial charge in [0.1, 0.15) is 13.2 Å². The van der Waals surface area contributed by atoms with Gasteiger partial charge in [-0.1, -0.05) is 35.3 Å². The van der Waals surface area contributed by atoms with Crippen LogP contribution >= 0.6 is 35.0 Å². The maximum Gasteiger partial charge on any atom is 0.294 e. The zero-order valence-corrected chi connectivity index (χ0v) is 23.4. The van der Waals surface area contributed by atoms with Gasteiger partial charge in [-0.2, -0.15) is 0 Å². The topological polar surface area (TPSA) is 103 Å². The number of nitrogens with zero attached hydrogens (tertiary/aromatic N) is 1. The fraction of sp³-hybridized carbons (Fsp3) is 0.179. The van der Waals surface area contributed by atoms with Gasteiger partial charge in [0.15, 0.2) is 23.0 Å². The van der Waals surface area contributed by atoms with E-state index < -0.39 is 23.6 Å². The average molecular weight is 601 g/mol. The Morgan fingerprint density at radius 2 is 1.82 bits per heavy atom. The van der Waals surface area contributed by atoms with Crippen molar-refractivity contribution in [1.29, 1.82) is 0 Å². The summed E-state index contributed by atoms with van der Waals surface area (Å²) in [6.07, 6.45) is 1.53.